The van der Waals surface area contributed by atoms with Gasteiger partial charge in [0.05, 0.1) is 0 Å². The molecule has 1 nitrogen and oxygen atoms in total. The zero-order valence-electron chi connectivity index (χ0n) is 6.36. The van der Waals surface area contributed by atoms with E-state index in [9.17, 15) is 0 Å². The molecule has 0 aromatic heterocycles. The normalized spacial score (nSPS) is 7.71. The summed E-state index contributed by atoms with van der Waals surface area (Å²) in [5, 5.41) is 8.14. The molecule has 0 amide bonds. The number of aliphatic hydroxyl groups is 1. The van der Waals surface area contributed by atoms with E-state index in [1.165, 1.54) is 0 Å². The first-order valence-electron chi connectivity index (χ1n) is 2.08. The number of aliphatic hydroxyl groups excluding tert-OH is 1. The number of hydrogen-bond acceptors (Lipinski definition) is 1. The number of halogens is 1. The zero-order chi connectivity index (χ0) is 4.83. The number of alkyl halides is 1. The molecule has 42 valence electrons. The predicted molar refractivity (Wildman–Crippen MR) is 35.0 cm³/mol. The summed E-state index contributed by atoms with van der Waals surface area (Å²) in [5.74, 6) is 0.667. The first-order chi connectivity index (χ1) is 2.91. The predicted octanol–water partition coefficient (Wildman–Crippen LogP) is 0.842. The van der Waals surface area contributed by atoms with Crippen molar-refractivity contribution in [2.75, 3.05) is 12.5 Å². The molecule has 0 aliphatic rings. The second-order valence-corrected chi connectivity index (χ2v) is 1.50. The SMILES string of the molecule is OCCCCCl.[Ca+2].[H-].[H-]. The molecule has 0 saturated carbocycles. The average molecular weight is 151 g/mol. The molecule has 0 atom stereocenters. The Balaban J connectivity index is -0.0000000417. The fraction of sp³-hybridized carbons (Fsp3) is 1.00. The van der Waals surface area contributed by atoms with Crippen molar-refractivity contribution in [1.29, 1.82) is 0 Å². The fourth-order valence-electron chi connectivity index (χ4n) is 0.206. The molecule has 7 heavy (non-hydrogen) atoms. The molecular weight excluding hydrogens is 140 g/mol. The molecular formula is C4H11CaClO. The van der Waals surface area contributed by atoms with Gasteiger partial charge in [-0.05, 0) is 12.8 Å². The van der Waals surface area contributed by atoms with Crippen LogP contribution in [-0.2, 0) is 0 Å². The van der Waals surface area contributed by atoms with Crippen LogP contribution in [0.3, 0.4) is 0 Å². The number of hydrogen-bond donors (Lipinski definition) is 1. The summed E-state index contributed by atoms with van der Waals surface area (Å²) in [6.45, 7) is 0.271. The van der Waals surface area contributed by atoms with Gasteiger partial charge in [-0.25, -0.2) is 0 Å². The van der Waals surface area contributed by atoms with Gasteiger partial charge in [-0.15, -0.1) is 11.6 Å². The van der Waals surface area contributed by atoms with Crippen LogP contribution in [0, 0.1) is 0 Å². The third-order valence-electron chi connectivity index (χ3n) is 0.542. The first kappa shape index (κ1) is 11.3. The van der Waals surface area contributed by atoms with Gasteiger partial charge in [0.1, 0.15) is 0 Å². The third kappa shape index (κ3) is 11.2. The maximum absolute atomic E-state index is 8.14. The van der Waals surface area contributed by atoms with E-state index in [-0.39, 0.29) is 47.2 Å². The van der Waals surface area contributed by atoms with Crippen LogP contribution in [0.5, 0.6) is 0 Å². The summed E-state index contributed by atoms with van der Waals surface area (Å²) in [4.78, 5) is 0. The summed E-state index contributed by atoms with van der Waals surface area (Å²) in [6.07, 6.45) is 1.77. The van der Waals surface area contributed by atoms with E-state index in [4.69, 9.17) is 16.7 Å². The molecule has 0 aliphatic heterocycles. The van der Waals surface area contributed by atoms with Crippen LogP contribution in [-0.4, -0.2) is 55.3 Å². The fourth-order valence-corrected chi connectivity index (χ4v) is 0.395. The average Bonchev–Trinajstić information content (AvgIpc) is 1.61. The van der Waals surface area contributed by atoms with Gasteiger partial charge in [-0.1, -0.05) is 0 Å². The Labute approximate surface area is 82.0 Å². The molecule has 0 fully saturated rings. The summed E-state index contributed by atoms with van der Waals surface area (Å²) >= 11 is 5.27. The minimum absolute atomic E-state index is 0. The van der Waals surface area contributed by atoms with E-state index in [1.807, 2.05) is 0 Å². The molecule has 0 rings (SSSR count). The Bertz CT molecular complexity index is 30.5. The molecule has 0 spiro atoms. The van der Waals surface area contributed by atoms with Crippen molar-refractivity contribution in [3.8, 4) is 0 Å². The Hall–Kier alpha value is 1.51. The van der Waals surface area contributed by atoms with E-state index in [0.29, 0.717) is 5.88 Å². The second kappa shape index (κ2) is 10.5. The van der Waals surface area contributed by atoms with Crippen molar-refractivity contribution < 1.29 is 7.96 Å². The molecule has 0 aliphatic carbocycles. The molecule has 0 radical (unpaired) electrons. The van der Waals surface area contributed by atoms with Gasteiger partial charge in [-0.2, -0.15) is 0 Å². The Morgan fingerprint density at radius 3 is 2.14 bits per heavy atom. The smallest absolute Gasteiger partial charge is 1.00 e. The van der Waals surface area contributed by atoms with Crippen molar-refractivity contribution >= 4 is 49.3 Å². The minimum Gasteiger partial charge on any atom is -1.00 e. The Kier molecular flexibility index (Phi) is 17.0. The van der Waals surface area contributed by atoms with E-state index < -0.39 is 0 Å². The monoisotopic (exact) mass is 150 g/mol. The van der Waals surface area contributed by atoms with Crippen LogP contribution in [0.25, 0.3) is 0 Å². The molecule has 0 aromatic carbocycles. The molecule has 0 heterocycles. The standard InChI is InChI=1S/C4H9ClO.Ca.2H/c5-3-1-2-4-6;;;/h6H,1-4H2;;;/q;+2;2*-1. The van der Waals surface area contributed by atoms with Gasteiger partial charge in [0, 0.05) is 12.5 Å². The molecule has 3 heteroatoms. The van der Waals surface area contributed by atoms with Crippen molar-refractivity contribution in [2.45, 2.75) is 12.8 Å². The van der Waals surface area contributed by atoms with Crippen LogP contribution < -0.4 is 0 Å². The Morgan fingerprint density at radius 2 is 2.00 bits per heavy atom. The molecule has 1 N–H and O–H groups in total. The van der Waals surface area contributed by atoms with Crippen molar-refractivity contribution in [2.24, 2.45) is 0 Å². The summed E-state index contributed by atoms with van der Waals surface area (Å²) in [5.41, 5.74) is 0. The minimum atomic E-state index is 0. The van der Waals surface area contributed by atoms with Gasteiger partial charge in [-0.3, -0.25) is 0 Å². The van der Waals surface area contributed by atoms with Crippen LogP contribution in [0.15, 0.2) is 0 Å². The largest absolute Gasteiger partial charge is 2.00 e. The van der Waals surface area contributed by atoms with Crippen molar-refractivity contribution in [3.05, 3.63) is 0 Å². The zero-order valence-corrected chi connectivity index (χ0v) is 7.33. The van der Waals surface area contributed by atoms with Gasteiger partial charge >= 0.3 is 37.7 Å². The number of unbranched alkanes of at least 4 members (excludes halogenated alkanes) is 1. The Morgan fingerprint density at radius 1 is 1.43 bits per heavy atom. The van der Waals surface area contributed by atoms with Gasteiger partial charge in [0.25, 0.3) is 0 Å². The number of rotatable bonds is 3. The molecule has 0 aromatic rings. The van der Waals surface area contributed by atoms with E-state index in [0.717, 1.165) is 12.8 Å². The molecule has 0 unspecified atom stereocenters. The third-order valence-corrected chi connectivity index (χ3v) is 0.809. The van der Waals surface area contributed by atoms with E-state index in [1.54, 1.807) is 0 Å². The van der Waals surface area contributed by atoms with Crippen LogP contribution in [0.4, 0.5) is 0 Å². The first-order valence-corrected chi connectivity index (χ1v) is 2.62. The summed E-state index contributed by atoms with van der Waals surface area (Å²) in [7, 11) is 0. The van der Waals surface area contributed by atoms with Crippen LogP contribution >= 0.6 is 11.6 Å². The van der Waals surface area contributed by atoms with Gasteiger partial charge in [0.2, 0.25) is 0 Å². The van der Waals surface area contributed by atoms with Gasteiger partial charge < -0.3 is 7.96 Å². The maximum atomic E-state index is 8.14. The molecule has 0 bridgehead atoms. The van der Waals surface area contributed by atoms with Crippen molar-refractivity contribution in [3.63, 3.8) is 0 Å². The topological polar surface area (TPSA) is 20.2 Å². The quantitative estimate of drug-likeness (QED) is 0.359. The molecule has 0 saturated heterocycles. The van der Waals surface area contributed by atoms with Crippen molar-refractivity contribution in [1.82, 2.24) is 0 Å². The second-order valence-electron chi connectivity index (χ2n) is 1.12. The van der Waals surface area contributed by atoms with E-state index in [2.05, 4.69) is 0 Å². The summed E-state index contributed by atoms with van der Waals surface area (Å²) in [6, 6.07) is 0. The van der Waals surface area contributed by atoms with Crippen LogP contribution in [0.1, 0.15) is 15.7 Å². The maximum Gasteiger partial charge on any atom is 2.00 e. The summed E-state index contributed by atoms with van der Waals surface area (Å²) < 4.78 is 0. The van der Waals surface area contributed by atoms with Gasteiger partial charge in [0.15, 0.2) is 0 Å². The van der Waals surface area contributed by atoms with E-state index >= 15 is 0 Å². The van der Waals surface area contributed by atoms with Crippen LogP contribution in [0.2, 0.25) is 0 Å².